The maximum absolute atomic E-state index is 11.7. The molecule has 122 valence electrons. The molecule has 1 aromatic heterocycles. The molecule has 4 rings (SSSR count). The SMILES string of the molecule is CS(=O)(=O)c1cccc(-c2nnc(C3(c4ccccc4)CC3)o2)c1. The fourth-order valence-corrected chi connectivity index (χ4v) is 3.57. The zero-order valence-corrected chi connectivity index (χ0v) is 14.0. The third kappa shape index (κ3) is 2.53. The summed E-state index contributed by atoms with van der Waals surface area (Å²) in [5.41, 5.74) is 1.59. The van der Waals surface area contributed by atoms with Gasteiger partial charge >= 0.3 is 0 Å². The number of hydrogen-bond acceptors (Lipinski definition) is 5. The van der Waals surface area contributed by atoms with Gasteiger partial charge in [0.25, 0.3) is 0 Å². The Labute approximate surface area is 140 Å². The maximum atomic E-state index is 11.7. The monoisotopic (exact) mass is 340 g/mol. The molecule has 3 aromatic rings. The Morgan fingerprint density at radius 3 is 2.42 bits per heavy atom. The summed E-state index contributed by atoms with van der Waals surface area (Å²) >= 11 is 0. The number of sulfone groups is 1. The fraction of sp³-hybridized carbons (Fsp3) is 0.222. The smallest absolute Gasteiger partial charge is 0.247 e. The van der Waals surface area contributed by atoms with E-state index in [4.69, 9.17) is 4.42 Å². The lowest BCUT2D eigenvalue weighted by Crippen LogP contribution is -2.08. The van der Waals surface area contributed by atoms with Crippen LogP contribution in [0.25, 0.3) is 11.5 Å². The van der Waals surface area contributed by atoms with Gasteiger partial charge in [0.05, 0.1) is 10.3 Å². The topological polar surface area (TPSA) is 73.1 Å². The minimum absolute atomic E-state index is 0.193. The predicted octanol–water partition coefficient (Wildman–Crippen LogP) is 3.22. The number of benzene rings is 2. The summed E-state index contributed by atoms with van der Waals surface area (Å²) in [7, 11) is -3.28. The van der Waals surface area contributed by atoms with E-state index in [0.717, 1.165) is 12.8 Å². The second kappa shape index (κ2) is 5.27. The lowest BCUT2D eigenvalue weighted by molar-refractivity contribution is 0.472. The molecule has 0 N–H and O–H groups in total. The summed E-state index contributed by atoms with van der Waals surface area (Å²) in [5, 5.41) is 8.36. The zero-order chi connectivity index (χ0) is 16.8. The molecule has 1 heterocycles. The van der Waals surface area contributed by atoms with Crippen LogP contribution in [0.3, 0.4) is 0 Å². The van der Waals surface area contributed by atoms with Crippen molar-refractivity contribution in [3.8, 4) is 11.5 Å². The summed E-state index contributed by atoms with van der Waals surface area (Å²) in [5.74, 6) is 0.936. The summed E-state index contributed by atoms with van der Waals surface area (Å²) in [6, 6.07) is 16.7. The van der Waals surface area contributed by atoms with E-state index in [-0.39, 0.29) is 10.3 Å². The molecule has 1 fully saturated rings. The van der Waals surface area contributed by atoms with Gasteiger partial charge in [0.2, 0.25) is 11.8 Å². The van der Waals surface area contributed by atoms with E-state index in [2.05, 4.69) is 22.3 Å². The highest BCUT2D eigenvalue weighted by Gasteiger charge is 2.50. The molecular formula is C18H16N2O3S. The van der Waals surface area contributed by atoms with Crippen molar-refractivity contribution in [3.63, 3.8) is 0 Å². The van der Waals surface area contributed by atoms with E-state index in [1.165, 1.54) is 11.8 Å². The summed E-state index contributed by atoms with van der Waals surface area (Å²) < 4.78 is 29.3. The predicted molar refractivity (Wildman–Crippen MR) is 89.3 cm³/mol. The van der Waals surface area contributed by atoms with E-state index < -0.39 is 9.84 Å². The van der Waals surface area contributed by atoms with Crippen LogP contribution in [0.4, 0.5) is 0 Å². The Balaban J connectivity index is 1.72. The molecule has 0 atom stereocenters. The second-order valence-corrected chi connectivity index (χ2v) is 8.18. The molecule has 0 bridgehead atoms. The number of aromatic nitrogens is 2. The number of rotatable bonds is 4. The Kier molecular flexibility index (Phi) is 3.31. The molecule has 1 saturated carbocycles. The zero-order valence-electron chi connectivity index (χ0n) is 13.1. The first-order valence-corrected chi connectivity index (χ1v) is 9.58. The second-order valence-electron chi connectivity index (χ2n) is 6.16. The normalized spacial score (nSPS) is 16.0. The molecule has 0 unspecified atom stereocenters. The molecular weight excluding hydrogens is 324 g/mol. The molecule has 0 aliphatic heterocycles. The quantitative estimate of drug-likeness (QED) is 0.729. The lowest BCUT2D eigenvalue weighted by Gasteiger charge is -2.10. The van der Waals surface area contributed by atoms with Gasteiger partial charge in [-0.3, -0.25) is 0 Å². The third-order valence-electron chi connectivity index (χ3n) is 4.42. The Bertz CT molecular complexity index is 990. The van der Waals surface area contributed by atoms with Crippen molar-refractivity contribution in [1.29, 1.82) is 0 Å². The van der Waals surface area contributed by atoms with Crippen LogP contribution in [0.1, 0.15) is 24.3 Å². The first-order valence-electron chi connectivity index (χ1n) is 7.69. The fourth-order valence-electron chi connectivity index (χ4n) is 2.90. The van der Waals surface area contributed by atoms with E-state index in [0.29, 0.717) is 17.3 Å². The lowest BCUT2D eigenvalue weighted by atomic mass is 9.96. The van der Waals surface area contributed by atoms with Gasteiger partial charge < -0.3 is 4.42 Å². The van der Waals surface area contributed by atoms with Gasteiger partial charge in [0, 0.05) is 11.8 Å². The summed E-state index contributed by atoms with van der Waals surface area (Å²) in [4.78, 5) is 0.240. The van der Waals surface area contributed by atoms with Gasteiger partial charge in [-0.15, -0.1) is 10.2 Å². The Morgan fingerprint density at radius 2 is 1.75 bits per heavy atom. The van der Waals surface area contributed by atoms with Crippen LogP contribution in [0.5, 0.6) is 0 Å². The molecule has 0 spiro atoms. The Hall–Kier alpha value is -2.47. The molecule has 1 aliphatic rings. The van der Waals surface area contributed by atoms with Crippen LogP contribution in [-0.2, 0) is 15.3 Å². The van der Waals surface area contributed by atoms with Gasteiger partial charge in [-0.25, -0.2) is 8.42 Å². The van der Waals surface area contributed by atoms with Gasteiger partial charge in [0.1, 0.15) is 0 Å². The summed E-state index contributed by atoms with van der Waals surface area (Å²) in [6.45, 7) is 0. The van der Waals surface area contributed by atoms with Crippen LogP contribution >= 0.6 is 0 Å². The van der Waals surface area contributed by atoms with Crippen LogP contribution in [0, 0.1) is 0 Å². The highest BCUT2D eigenvalue weighted by Crippen LogP contribution is 2.53. The minimum Gasteiger partial charge on any atom is -0.420 e. The van der Waals surface area contributed by atoms with Crippen molar-refractivity contribution in [2.45, 2.75) is 23.2 Å². The maximum Gasteiger partial charge on any atom is 0.247 e. The van der Waals surface area contributed by atoms with Crippen LogP contribution in [0.15, 0.2) is 63.9 Å². The molecule has 2 aromatic carbocycles. The number of nitrogens with zero attached hydrogens (tertiary/aromatic N) is 2. The molecule has 1 aliphatic carbocycles. The van der Waals surface area contributed by atoms with E-state index >= 15 is 0 Å². The average molecular weight is 340 g/mol. The molecule has 5 nitrogen and oxygen atoms in total. The van der Waals surface area contributed by atoms with E-state index in [1.807, 2.05) is 18.2 Å². The highest BCUT2D eigenvalue weighted by atomic mass is 32.2. The first kappa shape index (κ1) is 15.1. The van der Waals surface area contributed by atoms with Crippen molar-refractivity contribution in [2.75, 3.05) is 6.26 Å². The standard InChI is InChI=1S/C18H16N2O3S/c1-24(21,22)15-9-5-6-13(12-15)16-19-20-17(23-16)18(10-11-18)14-7-3-2-4-8-14/h2-9,12H,10-11H2,1H3. The van der Waals surface area contributed by atoms with Gasteiger partial charge in [-0.05, 0) is 36.6 Å². The van der Waals surface area contributed by atoms with Crippen molar-refractivity contribution in [1.82, 2.24) is 10.2 Å². The van der Waals surface area contributed by atoms with Gasteiger partial charge in [-0.1, -0.05) is 36.4 Å². The van der Waals surface area contributed by atoms with Crippen LogP contribution in [0.2, 0.25) is 0 Å². The molecule has 0 saturated heterocycles. The Morgan fingerprint density at radius 1 is 1.00 bits per heavy atom. The van der Waals surface area contributed by atoms with E-state index in [1.54, 1.807) is 24.3 Å². The highest BCUT2D eigenvalue weighted by molar-refractivity contribution is 7.90. The van der Waals surface area contributed by atoms with Gasteiger partial charge in [-0.2, -0.15) is 0 Å². The molecule has 6 heteroatoms. The van der Waals surface area contributed by atoms with Gasteiger partial charge in [0.15, 0.2) is 9.84 Å². The average Bonchev–Trinajstić information content (AvgIpc) is 3.25. The molecule has 0 amide bonds. The van der Waals surface area contributed by atoms with Crippen LogP contribution < -0.4 is 0 Å². The minimum atomic E-state index is -3.28. The van der Waals surface area contributed by atoms with E-state index in [9.17, 15) is 8.42 Å². The largest absolute Gasteiger partial charge is 0.420 e. The van der Waals surface area contributed by atoms with Crippen LogP contribution in [-0.4, -0.2) is 24.9 Å². The van der Waals surface area contributed by atoms with Crippen molar-refractivity contribution in [3.05, 3.63) is 66.1 Å². The van der Waals surface area contributed by atoms with Crippen molar-refractivity contribution in [2.24, 2.45) is 0 Å². The molecule has 0 radical (unpaired) electrons. The third-order valence-corrected chi connectivity index (χ3v) is 5.53. The van der Waals surface area contributed by atoms with Crippen molar-refractivity contribution < 1.29 is 12.8 Å². The summed E-state index contributed by atoms with van der Waals surface area (Å²) in [6.07, 6.45) is 3.13. The first-order chi connectivity index (χ1) is 11.5. The van der Waals surface area contributed by atoms with Crippen molar-refractivity contribution >= 4 is 9.84 Å². The number of hydrogen-bond donors (Lipinski definition) is 0. The molecule has 24 heavy (non-hydrogen) atoms.